The molecule has 0 heterocycles. The molecule has 2 nitrogen and oxygen atoms in total. The molecule has 0 aromatic heterocycles. The summed E-state index contributed by atoms with van der Waals surface area (Å²) in [5.74, 6) is 0.303. The van der Waals surface area contributed by atoms with Gasteiger partial charge in [-0.2, -0.15) is 0 Å². The lowest BCUT2D eigenvalue weighted by Gasteiger charge is -2.10. The molecular weight excluding hydrogens is 278 g/mol. The number of nitrogens with one attached hydrogen (secondary N) is 1. The summed E-state index contributed by atoms with van der Waals surface area (Å²) in [6.45, 7) is 2.77. The summed E-state index contributed by atoms with van der Waals surface area (Å²) < 4.78 is 1.08. The van der Waals surface area contributed by atoms with E-state index in [9.17, 15) is 5.11 Å². The van der Waals surface area contributed by atoms with E-state index in [1.165, 1.54) is 5.56 Å². The van der Waals surface area contributed by atoms with E-state index in [0.29, 0.717) is 12.3 Å². The molecule has 0 aliphatic carbocycles. The maximum Gasteiger partial charge on any atom is 0.115 e. The Morgan fingerprint density at radius 1 is 1.18 bits per heavy atom. The average molecular weight is 292 g/mol. The number of phenolic OH excluding ortho intramolecular Hbond substituents is 1. The Balaban J connectivity index is 2.07. The number of rotatable bonds is 3. The van der Waals surface area contributed by atoms with Crippen LogP contribution in [0.15, 0.2) is 46.9 Å². The summed E-state index contributed by atoms with van der Waals surface area (Å²) in [7, 11) is 0. The van der Waals surface area contributed by atoms with Gasteiger partial charge in [-0.25, -0.2) is 0 Å². The minimum absolute atomic E-state index is 0.303. The van der Waals surface area contributed by atoms with Gasteiger partial charge in [-0.05, 0) is 48.4 Å². The molecule has 0 atom stereocenters. The lowest BCUT2D eigenvalue weighted by atomic mass is 10.1. The quantitative estimate of drug-likeness (QED) is 0.893. The van der Waals surface area contributed by atoms with Crippen LogP contribution >= 0.6 is 15.9 Å². The fourth-order valence-electron chi connectivity index (χ4n) is 1.69. The van der Waals surface area contributed by atoms with Crippen LogP contribution in [0.25, 0.3) is 0 Å². The van der Waals surface area contributed by atoms with Crippen molar-refractivity contribution in [3.63, 3.8) is 0 Å². The lowest BCUT2D eigenvalue weighted by Crippen LogP contribution is -2.00. The van der Waals surface area contributed by atoms with E-state index in [-0.39, 0.29) is 0 Å². The monoisotopic (exact) mass is 291 g/mol. The molecule has 0 aliphatic rings. The van der Waals surface area contributed by atoms with Crippen LogP contribution < -0.4 is 5.32 Å². The zero-order chi connectivity index (χ0) is 12.3. The first kappa shape index (κ1) is 12.0. The van der Waals surface area contributed by atoms with Crippen molar-refractivity contribution in [2.45, 2.75) is 13.5 Å². The van der Waals surface area contributed by atoms with Gasteiger partial charge in [0.25, 0.3) is 0 Å². The van der Waals surface area contributed by atoms with Crippen LogP contribution in [-0.2, 0) is 6.54 Å². The summed E-state index contributed by atoms with van der Waals surface area (Å²) in [6.07, 6.45) is 0. The first-order chi connectivity index (χ1) is 8.15. The SMILES string of the molecule is Cc1cc(Br)ccc1NCc1cccc(O)c1. The molecule has 0 aliphatic heterocycles. The van der Waals surface area contributed by atoms with Crippen molar-refractivity contribution in [2.75, 3.05) is 5.32 Å². The van der Waals surface area contributed by atoms with Crippen molar-refractivity contribution in [1.29, 1.82) is 0 Å². The standard InChI is InChI=1S/C14H14BrNO/c1-10-7-12(15)5-6-14(10)16-9-11-3-2-4-13(17)8-11/h2-8,16-17H,9H2,1H3. The highest BCUT2D eigenvalue weighted by Crippen LogP contribution is 2.21. The zero-order valence-electron chi connectivity index (χ0n) is 9.57. The Kier molecular flexibility index (Phi) is 3.69. The molecule has 2 N–H and O–H groups in total. The molecule has 0 saturated heterocycles. The number of aromatic hydroxyl groups is 1. The molecule has 2 aromatic rings. The average Bonchev–Trinajstić information content (AvgIpc) is 2.28. The number of phenols is 1. The van der Waals surface area contributed by atoms with Crippen molar-refractivity contribution < 1.29 is 5.11 Å². The van der Waals surface area contributed by atoms with E-state index in [0.717, 1.165) is 15.7 Å². The summed E-state index contributed by atoms with van der Waals surface area (Å²) >= 11 is 3.44. The fraction of sp³-hybridized carbons (Fsp3) is 0.143. The number of benzene rings is 2. The first-order valence-electron chi connectivity index (χ1n) is 5.43. The van der Waals surface area contributed by atoms with Gasteiger partial charge in [0.05, 0.1) is 0 Å². The first-order valence-corrected chi connectivity index (χ1v) is 6.22. The molecule has 0 radical (unpaired) electrons. The highest BCUT2D eigenvalue weighted by Gasteiger charge is 1.99. The molecule has 0 saturated carbocycles. The van der Waals surface area contributed by atoms with Gasteiger partial charge in [-0.15, -0.1) is 0 Å². The van der Waals surface area contributed by atoms with Crippen molar-refractivity contribution in [3.05, 3.63) is 58.1 Å². The fourth-order valence-corrected chi connectivity index (χ4v) is 2.16. The van der Waals surface area contributed by atoms with Gasteiger partial charge in [-0.1, -0.05) is 28.1 Å². The molecule has 0 bridgehead atoms. The number of hydrogen-bond acceptors (Lipinski definition) is 2. The van der Waals surface area contributed by atoms with Gasteiger partial charge >= 0.3 is 0 Å². The molecule has 88 valence electrons. The topological polar surface area (TPSA) is 32.3 Å². The van der Waals surface area contributed by atoms with Crippen molar-refractivity contribution in [3.8, 4) is 5.75 Å². The molecular formula is C14H14BrNO. The Bertz CT molecular complexity index is 525. The maximum atomic E-state index is 9.37. The molecule has 0 fully saturated rings. The largest absolute Gasteiger partial charge is 0.508 e. The summed E-state index contributed by atoms with van der Waals surface area (Å²) in [5.41, 5.74) is 3.36. The maximum absolute atomic E-state index is 9.37. The minimum atomic E-state index is 0.303. The predicted octanol–water partition coefficient (Wildman–Crippen LogP) is 4.08. The Morgan fingerprint density at radius 3 is 2.71 bits per heavy atom. The summed E-state index contributed by atoms with van der Waals surface area (Å²) in [5, 5.41) is 12.7. The second-order valence-corrected chi connectivity index (χ2v) is 4.90. The predicted molar refractivity (Wildman–Crippen MR) is 74.3 cm³/mol. The van der Waals surface area contributed by atoms with Gasteiger partial charge < -0.3 is 10.4 Å². The molecule has 0 spiro atoms. The number of halogens is 1. The third-order valence-corrected chi connectivity index (χ3v) is 3.08. The zero-order valence-corrected chi connectivity index (χ0v) is 11.2. The van der Waals surface area contributed by atoms with Gasteiger partial charge in [0.15, 0.2) is 0 Å². The van der Waals surface area contributed by atoms with Gasteiger partial charge in [-0.3, -0.25) is 0 Å². The van der Waals surface area contributed by atoms with E-state index >= 15 is 0 Å². The highest BCUT2D eigenvalue weighted by atomic mass is 79.9. The lowest BCUT2D eigenvalue weighted by molar-refractivity contribution is 0.474. The molecule has 0 amide bonds. The third kappa shape index (κ3) is 3.24. The minimum Gasteiger partial charge on any atom is -0.508 e. The number of anilines is 1. The Labute approximate surface area is 109 Å². The van der Waals surface area contributed by atoms with E-state index in [1.54, 1.807) is 12.1 Å². The van der Waals surface area contributed by atoms with E-state index in [1.807, 2.05) is 24.3 Å². The third-order valence-electron chi connectivity index (χ3n) is 2.58. The smallest absolute Gasteiger partial charge is 0.115 e. The molecule has 3 heteroatoms. The van der Waals surface area contributed by atoms with Gasteiger partial charge in [0, 0.05) is 16.7 Å². The Hall–Kier alpha value is -1.48. The van der Waals surface area contributed by atoms with Gasteiger partial charge in [0.2, 0.25) is 0 Å². The number of hydrogen-bond donors (Lipinski definition) is 2. The van der Waals surface area contributed by atoms with Crippen LogP contribution in [0.3, 0.4) is 0 Å². The van der Waals surface area contributed by atoms with Crippen LogP contribution in [0, 0.1) is 6.92 Å². The molecule has 0 unspecified atom stereocenters. The van der Waals surface area contributed by atoms with Crippen LogP contribution in [-0.4, -0.2) is 5.11 Å². The van der Waals surface area contributed by atoms with Crippen LogP contribution in [0.2, 0.25) is 0 Å². The summed E-state index contributed by atoms with van der Waals surface area (Å²) in [4.78, 5) is 0. The van der Waals surface area contributed by atoms with E-state index < -0.39 is 0 Å². The van der Waals surface area contributed by atoms with E-state index in [2.05, 4.69) is 34.2 Å². The van der Waals surface area contributed by atoms with Crippen molar-refractivity contribution >= 4 is 21.6 Å². The second-order valence-electron chi connectivity index (χ2n) is 3.98. The van der Waals surface area contributed by atoms with Crippen LogP contribution in [0.4, 0.5) is 5.69 Å². The molecule has 2 aromatic carbocycles. The number of aryl methyl sites for hydroxylation is 1. The molecule has 17 heavy (non-hydrogen) atoms. The van der Waals surface area contributed by atoms with Crippen LogP contribution in [0.1, 0.15) is 11.1 Å². The van der Waals surface area contributed by atoms with Crippen LogP contribution in [0.5, 0.6) is 5.75 Å². The Morgan fingerprint density at radius 2 is 2.00 bits per heavy atom. The van der Waals surface area contributed by atoms with Gasteiger partial charge in [0.1, 0.15) is 5.75 Å². The van der Waals surface area contributed by atoms with E-state index in [4.69, 9.17) is 0 Å². The normalized spacial score (nSPS) is 10.2. The van der Waals surface area contributed by atoms with Crippen molar-refractivity contribution in [2.24, 2.45) is 0 Å². The molecule has 2 rings (SSSR count). The van der Waals surface area contributed by atoms with Crippen molar-refractivity contribution in [1.82, 2.24) is 0 Å². The highest BCUT2D eigenvalue weighted by molar-refractivity contribution is 9.10. The summed E-state index contributed by atoms with van der Waals surface area (Å²) in [6, 6.07) is 13.4. The second kappa shape index (κ2) is 5.23.